The number of imidazole rings is 1. The summed E-state index contributed by atoms with van der Waals surface area (Å²) in [6, 6.07) is 7.94. The van der Waals surface area contributed by atoms with Crippen molar-refractivity contribution in [1.29, 1.82) is 0 Å². The molecule has 0 aliphatic carbocycles. The number of halogens is 2. The van der Waals surface area contributed by atoms with E-state index in [9.17, 15) is 9.90 Å². The fourth-order valence-corrected chi connectivity index (χ4v) is 2.34. The lowest BCUT2D eigenvalue weighted by molar-refractivity contribution is 0.0950. The number of pyridine rings is 1. The molecule has 2 N–H and O–H groups in total. The van der Waals surface area contributed by atoms with E-state index in [-0.39, 0.29) is 18.2 Å². The summed E-state index contributed by atoms with van der Waals surface area (Å²) in [7, 11) is 0. The lowest BCUT2D eigenvalue weighted by Gasteiger charge is -2.04. The maximum atomic E-state index is 12.1. The van der Waals surface area contributed by atoms with E-state index in [0.717, 1.165) is 0 Å². The number of hydrogen-bond acceptors (Lipinski definition) is 3. The van der Waals surface area contributed by atoms with Crippen molar-refractivity contribution < 1.29 is 9.90 Å². The molecule has 0 radical (unpaired) electrons. The van der Waals surface area contributed by atoms with Gasteiger partial charge >= 0.3 is 0 Å². The van der Waals surface area contributed by atoms with Crippen LogP contribution in [0.2, 0.25) is 10.0 Å². The van der Waals surface area contributed by atoms with E-state index in [1.54, 1.807) is 41.1 Å². The zero-order valence-electron chi connectivity index (χ0n) is 11.3. The molecular weight excluding hydrogens is 325 g/mol. The van der Waals surface area contributed by atoms with Crippen LogP contribution in [0.4, 0.5) is 0 Å². The number of carbonyl (C=O) groups is 1. The molecule has 0 fully saturated rings. The quantitative estimate of drug-likeness (QED) is 0.771. The van der Waals surface area contributed by atoms with Crippen molar-refractivity contribution in [1.82, 2.24) is 14.7 Å². The van der Waals surface area contributed by atoms with Crippen LogP contribution in [0.5, 0.6) is 5.75 Å². The van der Waals surface area contributed by atoms with E-state index in [1.165, 1.54) is 6.07 Å². The summed E-state index contributed by atoms with van der Waals surface area (Å²) in [5, 5.41) is 13.2. The van der Waals surface area contributed by atoms with Crippen molar-refractivity contribution in [3.63, 3.8) is 0 Å². The normalized spacial score (nSPS) is 10.8. The summed E-state index contributed by atoms with van der Waals surface area (Å²) in [4.78, 5) is 16.3. The van der Waals surface area contributed by atoms with E-state index in [4.69, 9.17) is 23.2 Å². The second-order valence-corrected chi connectivity index (χ2v) is 5.48. The van der Waals surface area contributed by atoms with Crippen molar-refractivity contribution >= 4 is 34.8 Å². The molecule has 2 aromatic heterocycles. The number of amides is 1. The van der Waals surface area contributed by atoms with Gasteiger partial charge in [0.05, 0.1) is 22.3 Å². The third-order valence-corrected chi connectivity index (χ3v) is 3.86. The van der Waals surface area contributed by atoms with Crippen LogP contribution in [0.25, 0.3) is 5.65 Å². The molecule has 3 rings (SSSR count). The number of benzene rings is 1. The number of hydrogen-bond donors (Lipinski definition) is 2. The molecule has 1 aromatic carbocycles. The zero-order chi connectivity index (χ0) is 15.7. The summed E-state index contributed by atoms with van der Waals surface area (Å²) in [6.45, 7) is 0.236. The Morgan fingerprint density at radius 1 is 1.27 bits per heavy atom. The number of nitrogens with one attached hydrogen (secondary N) is 1. The summed E-state index contributed by atoms with van der Waals surface area (Å²) < 4.78 is 1.69. The Kier molecular flexibility index (Phi) is 3.92. The molecule has 0 saturated carbocycles. The monoisotopic (exact) mass is 335 g/mol. The maximum Gasteiger partial charge on any atom is 0.251 e. The molecule has 7 heteroatoms. The summed E-state index contributed by atoms with van der Waals surface area (Å²) in [5.41, 5.74) is 1.50. The van der Waals surface area contributed by atoms with Crippen LogP contribution >= 0.6 is 23.2 Å². The van der Waals surface area contributed by atoms with Gasteiger partial charge in [0.15, 0.2) is 11.4 Å². The number of aromatic nitrogens is 2. The highest BCUT2D eigenvalue weighted by Crippen LogP contribution is 2.22. The number of rotatable bonds is 3. The van der Waals surface area contributed by atoms with Crippen LogP contribution in [0.3, 0.4) is 0 Å². The average Bonchev–Trinajstić information content (AvgIpc) is 2.92. The standard InChI is InChI=1S/C15H11Cl2N3O2/c16-11-4-3-9(6-12(11)17)15(22)18-7-10-8-20-5-1-2-13(21)14(20)19-10/h1-6,8,21H,7H2,(H,18,22). The van der Waals surface area contributed by atoms with Gasteiger partial charge < -0.3 is 14.8 Å². The number of fused-ring (bicyclic) bond motifs is 1. The van der Waals surface area contributed by atoms with Gasteiger partial charge in [-0.2, -0.15) is 0 Å². The Morgan fingerprint density at radius 3 is 2.82 bits per heavy atom. The molecule has 0 bridgehead atoms. The third kappa shape index (κ3) is 2.86. The molecule has 0 spiro atoms. The van der Waals surface area contributed by atoms with E-state index in [1.807, 2.05) is 0 Å². The Balaban J connectivity index is 1.74. The first-order chi connectivity index (χ1) is 10.5. The van der Waals surface area contributed by atoms with Gasteiger partial charge in [-0.25, -0.2) is 4.98 Å². The highest BCUT2D eigenvalue weighted by atomic mass is 35.5. The lowest BCUT2D eigenvalue weighted by Crippen LogP contribution is -2.22. The Labute approximate surface area is 136 Å². The smallest absolute Gasteiger partial charge is 0.251 e. The average molecular weight is 336 g/mol. The van der Waals surface area contributed by atoms with Crippen molar-refractivity contribution in [3.05, 3.63) is 64.0 Å². The van der Waals surface area contributed by atoms with Gasteiger partial charge in [-0.3, -0.25) is 4.79 Å². The second-order valence-electron chi connectivity index (χ2n) is 4.67. The first-order valence-corrected chi connectivity index (χ1v) is 7.19. The third-order valence-electron chi connectivity index (χ3n) is 3.12. The van der Waals surface area contributed by atoms with Crippen molar-refractivity contribution in [3.8, 4) is 5.75 Å². The predicted octanol–water partition coefficient (Wildman–Crippen LogP) is 3.28. The molecule has 1 amide bonds. The van der Waals surface area contributed by atoms with Gasteiger partial charge in [0.2, 0.25) is 0 Å². The largest absolute Gasteiger partial charge is 0.504 e. The van der Waals surface area contributed by atoms with Crippen LogP contribution in [0.15, 0.2) is 42.7 Å². The van der Waals surface area contributed by atoms with Crippen LogP contribution in [0.1, 0.15) is 16.1 Å². The zero-order valence-corrected chi connectivity index (χ0v) is 12.8. The van der Waals surface area contributed by atoms with Crippen molar-refractivity contribution in [2.75, 3.05) is 0 Å². The molecule has 2 heterocycles. The summed E-state index contributed by atoms with van der Waals surface area (Å²) in [5.74, 6) is -0.190. The Morgan fingerprint density at radius 2 is 2.09 bits per heavy atom. The van der Waals surface area contributed by atoms with E-state index >= 15 is 0 Å². The Bertz CT molecular complexity index is 861. The molecule has 5 nitrogen and oxygen atoms in total. The van der Waals surface area contributed by atoms with Crippen LogP contribution in [-0.4, -0.2) is 20.4 Å². The lowest BCUT2D eigenvalue weighted by atomic mass is 10.2. The van der Waals surface area contributed by atoms with Crippen LogP contribution in [-0.2, 0) is 6.54 Å². The topological polar surface area (TPSA) is 66.6 Å². The maximum absolute atomic E-state index is 12.1. The minimum Gasteiger partial charge on any atom is -0.504 e. The van der Waals surface area contributed by atoms with E-state index < -0.39 is 0 Å². The minimum absolute atomic E-state index is 0.0876. The van der Waals surface area contributed by atoms with Gasteiger partial charge in [0.25, 0.3) is 5.91 Å². The van der Waals surface area contributed by atoms with Gasteiger partial charge in [0, 0.05) is 18.0 Å². The predicted molar refractivity (Wildman–Crippen MR) is 84.5 cm³/mol. The van der Waals surface area contributed by atoms with Crippen molar-refractivity contribution in [2.24, 2.45) is 0 Å². The van der Waals surface area contributed by atoms with Gasteiger partial charge in [-0.05, 0) is 30.3 Å². The molecule has 0 atom stereocenters. The minimum atomic E-state index is -0.278. The Hall–Kier alpha value is -2.24. The molecule has 0 saturated heterocycles. The molecule has 0 aliphatic rings. The van der Waals surface area contributed by atoms with Crippen molar-refractivity contribution in [2.45, 2.75) is 6.54 Å². The number of carbonyl (C=O) groups excluding carboxylic acids is 1. The SMILES string of the molecule is O=C(NCc1cn2cccc(O)c2n1)c1ccc(Cl)c(Cl)c1. The van der Waals surface area contributed by atoms with Gasteiger partial charge in [-0.15, -0.1) is 0 Å². The fourth-order valence-electron chi connectivity index (χ4n) is 2.04. The van der Waals surface area contributed by atoms with Crippen LogP contribution in [0, 0.1) is 0 Å². The van der Waals surface area contributed by atoms with E-state index in [2.05, 4.69) is 10.3 Å². The highest BCUT2D eigenvalue weighted by Gasteiger charge is 2.10. The fraction of sp³-hybridized carbons (Fsp3) is 0.0667. The highest BCUT2D eigenvalue weighted by molar-refractivity contribution is 6.42. The molecule has 0 aliphatic heterocycles. The molecule has 22 heavy (non-hydrogen) atoms. The van der Waals surface area contributed by atoms with E-state index in [0.29, 0.717) is 26.9 Å². The number of aromatic hydroxyl groups is 1. The van der Waals surface area contributed by atoms with Gasteiger partial charge in [0.1, 0.15) is 0 Å². The summed E-state index contributed by atoms with van der Waals surface area (Å²) in [6.07, 6.45) is 3.51. The molecular formula is C15H11Cl2N3O2. The first kappa shape index (κ1) is 14.7. The molecule has 3 aromatic rings. The first-order valence-electron chi connectivity index (χ1n) is 6.43. The number of nitrogens with zero attached hydrogens (tertiary/aromatic N) is 2. The molecule has 0 unspecified atom stereocenters. The summed E-state index contributed by atoms with van der Waals surface area (Å²) >= 11 is 11.7. The van der Waals surface area contributed by atoms with Gasteiger partial charge in [-0.1, -0.05) is 23.2 Å². The second kappa shape index (κ2) is 5.87. The molecule has 112 valence electrons. The van der Waals surface area contributed by atoms with Crippen LogP contribution < -0.4 is 5.32 Å².